The SMILES string of the molecule is N#CC(C#N)C(C(=C=[N-])S(=O)(=O)c1ccccc1)c1ccccc1. The quantitative estimate of drug-likeness (QED) is 0.784. The van der Waals surface area contributed by atoms with Crippen LogP contribution in [-0.4, -0.2) is 14.3 Å². The molecule has 0 radical (unpaired) electrons. The molecule has 5 nitrogen and oxygen atoms in total. The highest BCUT2D eigenvalue weighted by molar-refractivity contribution is 7.95. The van der Waals surface area contributed by atoms with Crippen LogP contribution in [0.4, 0.5) is 0 Å². The first-order valence-corrected chi connectivity index (χ1v) is 8.45. The normalized spacial score (nSPS) is 11.8. The van der Waals surface area contributed by atoms with E-state index in [1.807, 2.05) is 0 Å². The molecule has 2 rings (SSSR count). The van der Waals surface area contributed by atoms with Crippen LogP contribution in [-0.2, 0) is 9.84 Å². The van der Waals surface area contributed by atoms with Crippen molar-refractivity contribution >= 4 is 15.7 Å². The Kier molecular flexibility index (Phi) is 5.29. The van der Waals surface area contributed by atoms with E-state index in [1.165, 1.54) is 12.1 Å². The van der Waals surface area contributed by atoms with Crippen LogP contribution >= 0.6 is 0 Å². The Hall–Kier alpha value is -3.18. The molecule has 0 aliphatic carbocycles. The topological polar surface area (TPSA) is 104 Å². The van der Waals surface area contributed by atoms with Gasteiger partial charge in [0.1, 0.15) is 5.92 Å². The van der Waals surface area contributed by atoms with E-state index in [-0.39, 0.29) is 4.90 Å². The lowest BCUT2D eigenvalue weighted by atomic mass is 9.87. The maximum absolute atomic E-state index is 12.8. The Balaban J connectivity index is 2.67. The fraction of sp³-hybridized carbons (Fsp3) is 0.111. The van der Waals surface area contributed by atoms with Gasteiger partial charge >= 0.3 is 0 Å². The monoisotopic (exact) mass is 334 g/mol. The van der Waals surface area contributed by atoms with Gasteiger partial charge in [-0.2, -0.15) is 10.5 Å². The van der Waals surface area contributed by atoms with Crippen molar-refractivity contribution < 1.29 is 8.42 Å². The van der Waals surface area contributed by atoms with E-state index < -0.39 is 26.6 Å². The van der Waals surface area contributed by atoms with Crippen molar-refractivity contribution in [3.63, 3.8) is 0 Å². The molecule has 0 heterocycles. The molecule has 0 aromatic heterocycles. The third-order valence-corrected chi connectivity index (χ3v) is 5.32. The van der Waals surface area contributed by atoms with Crippen molar-refractivity contribution in [1.29, 1.82) is 10.5 Å². The Morgan fingerprint density at radius 3 is 1.88 bits per heavy atom. The van der Waals surface area contributed by atoms with Gasteiger partial charge in [-0.05, 0) is 17.7 Å². The third kappa shape index (κ3) is 3.26. The van der Waals surface area contributed by atoms with Gasteiger partial charge in [-0.1, -0.05) is 48.5 Å². The molecular formula is C18H12N3O2S-. The van der Waals surface area contributed by atoms with Crippen LogP contribution < -0.4 is 0 Å². The molecule has 0 spiro atoms. The average molecular weight is 334 g/mol. The van der Waals surface area contributed by atoms with Gasteiger partial charge in [0.05, 0.1) is 27.9 Å². The molecule has 1 atom stereocenters. The van der Waals surface area contributed by atoms with Crippen LogP contribution in [0.25, 0.3) is 5.41 Å². The van der Waals surface area contributed by atoms with Gasteiger partial charge in [0.25, 0.3) is 0 Å². The number of allylic oxidation sites excluding steroid dienone is 1. The van der Waals surface area contributed by atoms with E-state index in [0.29, 0.717) is 5.56 Å². The van der Waals surface area contributed by atoms with Crippen LogP contribution in [0, 0.1) is 28.6 Å². The van der Waals surface area contributed by atoms with E-state index in [9.17, 15) is 24.4 Å². The lowest BCUT2D eigenvalue weighted by molar-refractivity contribution is 0.594. The fourth-order valence-electron chi connectivity index (χ4n) is 2.36. The standard InChI is InChI=1S/C18H12N3O2S/c19-11-15(12-20)18(14-7-3-1-4-8-14)17(13-21)24(22,23)16-9-5-2-6-10-16/h1-10,15,18H/q-1. The predicted octanol–water partition coefficient (Wildman–Crippen LogP) is 3.03. The van der Waals surface area contributed by atoms with Gasteiger partial charge in [0.2, 0.25) is 9.84 Å². The molecular weight excluding hydrogens is 322 g/mol. The van der Waals surface area contributed by atoms with E-state index in [2.05, 4.69) is 0 Å². The van der Waals surface area contributed by atoms with Crippen molar-refractivity contribution in [3.05, 3.63) is 76.5 Å². The average Bonchev–Trinajstić information content (AvgIpc) is 2.63. The van der Waals surface area contributed by atoms with Crippen molar-refractivity contribution in [2.45, 2.75) is 10.8 Å². The summed E-state index contributed by atoms with van der Waals surface area (Å²) in [5.41, 5.74) is 0.432. The minimum absolute atomic E-state index is 0.0443. The first-order valence-electron chi connectivity index (χ1n) is 6.97. The van der Waals surface area contributed by atoms with E-state index in [0.717, 1.165) is 0 Å². The fourth-order valence-corrected chi connectivity index (χ4v) is 3.85. The summed E-state index contributed by atoms with van der Waals surface area (Å²) >= 11 is 0. The maximum Gasteiger partial charge on any atom is 0.208 e. The number of rotatable bonds is 5. The van der Waals surface area contributed by atoms with Crippen LogP contribution in [0.1, 0.15) is 11.5 Å². The first kappa shape index (κ1) is 17.2. The molecule has 0 fully saturated rings. The Labute approximate surface area is 140 Å². The second-order valence-electron chi connectivity index (χ2n) is 4.92. The van der Waals surface area contributed by atoms with Gasteiger partial charge in [0.15, 0.2) is 0 Å². The van der Waals surface area contributed by atoms with Crippen molar-refractivity contribution in [2.75, 3.05) is 0 Å². The summed E-state index contributed by atoms with van der Waals surface area (Å²) < 4.78 is 25.7. The summed E-state index contributed by atoms with van der Waals surface area (Å²) in [4.78, 5) is -0.551. The first-order chi connectivity index (χ1) is 11.6. The van der Waals surface area contributed by atoms with Crippen molar-refractivity contribution in [3.8, 4) is 12.1 Å². The Bertz CT molecular complexity index is 935. The smallest absolute Gasteiger partial charge is 0.208 e. The highest BCUT2D eigenvalue weighted by Crippen LogP contribution is 2.36. The molecule has 1 unspecified atom stereocenters. The number of hydrogen-bond donors (Lipinski definition) is 0. The van der Waals surface area contributed by atoms with Crippen molar-refractivity contribution in [1.82, 2.24) is 0 Å². The number of nitriles is 2. The number of sulfone groups is 1. The zero-order valence-electron chi connectivity index (χ0n) is 12.5. The zero-order chi connectivity index (χ0) is 17.6. The predicted molar refractivity (Wildman–Crippen MR) is 89.4 cm³/mol. The van der Waals surface area contributed by atoms with E-state index >= 15 is 0 Å². The maximum atomic E-state index is 12.8. The lowest BCUT2D eigenvalue weighted by Gasteiger charge is -2.21. The second kappa shape index (κ2) is 7.39. The molecule has 118 valence electrons. The van der Waals surface area contributed by atoms with E-state index in [4.69, 9.17) is 0 Å². The van der Waals surface area contributed by atoms with Gasteiger partial charge < -0.3 is 5.41 Å². The van der Waals surface area contributed by atoms with Crippen molar-refractivity contribution in [2.24, 2.45) is 5.92 Å². The summed E-state index contributed by atoms with van der Waals surface area (Å²) in [6.45, 7) is 0. The van der Waals surface area contributed by atoms with Gasteiger partial charge in [-0.15, -0.1) is 0 Å². The van der Waals surface area contributed by atoms with Crippen LogP contribution in [0.5, 0.6) is 0 Å². The molecule has 0 aliphatic rings. The largest absolute Gasteiger partial charge is 0.762 e. The molecule has 0 saturated carbocycles. The Morgan fingerprint density at radius 1 is 0.917 bits per heavy atom. The minimum Gasteiger partial charge on any atom is -0.762 e. The summed E-state index contributed by atoms with van der Waals surface area (Å²) in [6, 6.07) is 19.4. The summed E-state index contributed by atoms with van der Waals surface area (Å²) in [5, 5.41) is 28.0. The number of nitrogens with zero attached hydrogens (tertiary/aromatic N) is 3. The summed E-state index contributed by atoms with van der Waals surface area (Å²) in [7, 11) is -4.11. The van der Waals surface area contributed by atoms with Gasteiger partial charge in [-0.3, -0.25) is 5.87 Å². The molecule has 0 aliphatic heterocycles. The van der Waals surface area contributed by atoms with Gasteiger partial charge in [0, 0.05) is 0 Å². The lowest BCUT2D eigenvalue weighted by Crippen LogP contribution is -2.19. The molecule has 6 heteroatoms. The third-order valence-electron chi connectivity index (χ3n) is 3.51. The molecule has 2 aromatic rings. The summed E-state index contributed by atoms with van der Waals surface area (Å²) in [6.07, 6.45) is 0. The zero-order valence-corrected chi connectivity index (χ0v) is 13.3. The van der Waals surface area contributed by atoms with Crippen LogP contribution in [0.15, 0.2) is 70.5 Å². The Morgan fingerprint density at radius 2 is 1.42 bits per heavy atom. The van der Waals surface area contributed by atoms with E-state index in [1.54, 1.807) is 66.5 Å². The molecule has 0 N–H and O–H groups in total. The van der Waals surface area contributed by atoms with Crippen LogP contribution in [0.3, 0.4) is 0 Å². The molecule has 0 amide bonds. The van der Waals surface area contributed by atoms with Crippen LogP contribution in [0.2, 0.25) is 0 Å². The highest BCUT2D eigenvalue weighted by Gasteiger charge is 2.34. The number of benzene rings is 2. The molecule has 2 aromatic carbocycles. The molecule has 24 heavy (non-hydrogen) atoms. The summed E-state index contributed by atoms with van der Waals surface area (Å²) in [5.74, 6) is -0.718. The minimum atomic E-state index is -4.11. The second-order valence-corrected chi connectivity index (χ2v) is 6.83. The molecule has 0 bridgehead atoms. The molecule has 0 saturated heterocycles. The number of hydrogen-bond acceptors (Lipinski definition) is 4. The van der Waals surface area contributed by atoms with Gasteiger partial charge in [-0.25, -0.2) is 8.42 Å². The highest BCUT2D eigenvalue weighted by atomic mass is 32.2.